The Morgan fingerprint density at radius 2 is 1.92 bits per heavy atom. The van der Waals surface area contributed by atoms with E-state index in [1.54, 1.807) is 0 Å². The number of hydrogen-bond donors (Lipinski definition) is 0. The standard InChI is InChI=1S/C5H11FO5PS/c1-3-10-12(7)5(6)13(8,9)11-4-2/h5H,3-4H2,1-2H3/q+1. The van der Waals surface area contributed by atoms with Gasteiger partial charge >= 0.3 is 23.4 Å². The molecular formula is C5H11FO5PS+. The Morgan fingerprint density at radius 1 is 1.38 bits per heavy atom. The van der Waals surface area contributed by atoms with E-state index in [2.05, 4.69) is 8.71 Å². The molecule has 0 radical (unpaired) electrons. The van der Waals surface area contributed by atoms with Crippen LogP contribution in [0.3, 0.4) is 0 Å². The second kappa shape index (κ2) is 5.59. The van der Waals surface area contributed by atoms with Crippen LogP contribution in [0.1, 0.15) is 13.8 Å². The van der Waals surface area contributed by atoms with Crippen molar-refractivity contribution in [1.82, 2.24) is 0 Å². The molecule has 0 amide bonds. The van der Waals surface area contributed by atoms with E-state index in [1.807, 2.05) is 0 Å². The first-order valence-electron chi connectivity index (χ1n) is 3.57. The average molecular weight is 233 g/mol. The van der Waals surface area contributed by atoms with Crippen molar-refractivity contribution in [2.24, 2.45) is 0 Å². The minimum Gasteiger partial charge on any atom is -0.265 e. The second-order valence-corrected chi connectivity index (χ2v) is 5.16. The summed E-state index contributed by atoms with van der Waals surface area (Å²) in [7, 11) is -7.28. The molecule has 0 bridgehead atoms. The maximum Gasteiger partial charge on any atom is 0.565 e. The lowest BCUT2D eigenvalue weighted by atomic mass is 10.9. The van der Waals surface area contributed by atoms with Gasteiger partial charge in [0.05, 0.1) is 13.2 Å². The van der Waals surface area contributed by atoms with Crippen LogP contribution in [0.4, 0.5) is 4.39 Å². The maximum absolute atomic E-state index is 12.8. The second-order valence-electron chi connectivity index (χ2n) is 1.89. The molecule has 0 spiro atoms. The summed E-state index contributed by atoms with van der Waals surface area (Å²) in [6.45, 7) is 2.65. The van der Waals surface area contributed by atoms with Crippen molar-refractivity contribution in [3.8, 4) is 0 Å². The van der Waals surface area contributed by atoms with E-state index in [4.69, 9.17) is 0 Å². The van der Waals surface area contributed by atoms with Crippen molar-refractivity contribution < 1.29 is 26.1 Å². The molecule has 0 aromatic carbocycles. The van der Waals surface area contributed by atoms with Gasteiger partial charge in [0.25, 0.3) is 0 Å². The highest BCUT2D eigenvalue weighted by molar-refractivity contribution is 7.92. The van der Waals surface area contributed by atoms with Crippen LogP contribution < -0.4 is 0 Å². The number of alkyl halides is 1. The first-order valence-corrected chi connectivity index (χ1v) is 6.29. The summed E-state index contributed by atoms with van der Waals surface area (Å²) in [6, 6.07) is 0. The molecule has 5 nitrogen and oxygen atoms in total. The summed E-state index contributed by atoms with van der Waals surface area (Å²) in [5, 5.41) is -2.61. The average Bonchev–Trinajstić information content (AvgIpc) is 2.03. The van der Waals surface area contributed by atoms with Crippen LogP contribution in [-0.4, -0.2) is 26.9 Å². The minimum absolute atomic E-state index is 0.0166. The van der Waals surface area contributed by atoms with Crippen LogP contribution in [0.5, 0.6) is 0 Å². The molecule has 0 aliphatic heterocycles. The van der Waals surface area contributed by atoms with Gasteiger partial charge in [-0.1, -0.05) is 0 Å². The van der Waals surface area contributed by atoms with Crippen LogP contribution in [0, 0.1) is 0 Å². The Morgan fingerprint density at radius 3 is 2.31 bits per heavy atom. The third kappa shape index (κ3) is 4.08. The molecule has 0 aliphatic carbocycles. The molecule has 0 saturated heterocycles. The Balaban J connectivity index is 4.40. The van der Waals surface area contributed by atoms with E-state index in [0.29, 0.717) is 0 Å². The highest BCUT2D eigenvalue weighted by Gasteiger charge is 2.45. The summed E-state index contributed by atoms with van der Waals surface area (Å²) >= 11 is 0. The molecule has 2 unspecified atom stereocenters. The third-order valence-corrected chi connectivity index (χ3v) is 4.12. The molecule has 0 aliphatic rings. The predicted molar refractivity (Wildman–Crippen MR) is 44.7 cm³/mol. The van der Waals surface area contributed by atoms with Crippen LogP contribution >= 0.6 is 8.03 Å². The van der Waals surface area contributed by atoms with E-state index in [9.17, 15) is 17.4 Å². The van der Waals surface area contributed by atoms with Gasteiger partial charge in [-0.15, -0.1) is 4.52 Å². The van der Waals surface area contributed by atoms with Gasteiger partial charge in [-0.25, -0.2) is 0 Å². The molecule has 78 valence electrons. The number of rotatable bonds is 6. The summed E-state index contributed by atoms with van der Waals surface area (Å²) in [5.41, 5.74) is 0. The van der Waals surface area contributed by atoms with Crippen molar-refractivity contribution in [3.63, 3.8) is 0 Å². The SMILES string of the molecule is CCO[P+](=O)C(F)S(=O)(=O)OCC. The molecule has 0 fully saturated rings. The van der Waals surface area contributed by atoms with Crippen molar-refractivity contribution >= 4 is 18.1 Å². The summed E-state index contributed by atoms with van der Waals surface area (Å²) in [5.74, 6) is 0. The Bertz CT molecular complexity index is 264. The highest BCUT2D eigenvalue weighted by Crippen LogP contribution is 2.34. The lowest BCUT2D eigenvalue weighted by molar-refractivity contribution is 0.299. The lowest BCUT2D eigenvalue weighted by Crippen LogP contribution is -2.16. The van der Waals surface area contributed by atoms with Gasteiger partial charge in [0.2, 0.25) is 0 Å². The first kappa shape index (κ1) is 12.9. The molecule has 0 aromatic heterocycles. The van der Waals surface area contributed by atoms with Gasteiger partial charge < -0.3 is 0 Å². The highest BCUT2D eigenvalue weighted by atomic mass is 32.2. The molecule has 0 rings (SSSR count). The molecule has 8 heteroatoms. The lowest BCUT2D eigenvalue weighted by Gasteiger charge is -1.98. The molecule has 13 heavy (non-hydrogen) atoms. The van der Waals surface area contributed by atoms with Crippen molar-refractivity contribution in [2.45, 2.75) is 19.1 Å². The van der Waals surface area contributed by atoms with Gasteiger partial charge in [-0.3, -0.25) is 4.18 Å². The van der Waals surface area contributed by atoms with E-state index in [1.165, 1.54) is 13.8 Å². The van der Waals surface area contributed by atoms with Crippen LogP contribution in [0.25, 0.3) is 0 Å². The number of hydrogen-bond acceptors (Lipinski definition) is 5. The summed E-state index contributed by atoms with van der Waals surface area (Å²) in [4.78, 5) is 0. The molecule has 0 aromatic rings. The Labute approximate surface area is 77.2 Å². The fourth-order valence-corrected chi connectivity index (χ4v) is 2.53. The van der Waals surface area contributed by atoms with E-state index >= 15 is 0 Å². The van der Waals surface area contributed by atoms with Crippen LogP contribution in [-0.2, 0) is 23.4 Å². The number of halogens is 1. The van der Waals surface area contributed by atoms with Gasteiger partial charge in [0, 0.05) is 0 Å². The zero-order valence-electron chi connectivity index (χ0n) is 7.27. The fraction of sp³-hybridized carbons (Fsp3) is 1.00. The zero-order valence-corrected chi connectivity index (χ0v) is 8.98. The topological polar surface area (TPSA) is 69.7 Å². The van der Waals surface area contributed by atoms with E-state index in [-0.39, 0.29) is 13.2 Å². The zero-order chi connectivity index (χ0) is 10.5. The van der Waals surface area contributed by atoms with E-state index < -0.39 is 23.4 Å². The summed E-state index contributed by atoms with van der Waals surface area (Å²) in [6.07, 6.45) is 0. The molecule has 2 atom stereocenters. The molecular weight excluding hydrogens is 222 g/mol. The summed E-state index contributed by atoms with van der Waals surface area (Å²) < 4.78 is 53.6. The molecule has 0 saturated carbocycles. The largest absolute Gasteiger partial charge is 0.565 e. The molecule has 0 N–H and O–H groups in total. The Kier molecular flexibility index (Phi) is 5.55. The van der Waals surface area contributed by atoms with Crippen LogP contribution in [0.15, 0.2) is 0 Å². The van der Waals surface area contributed by atoms with Crippen molar-refractivity contribution in [1.29, 1.82) is 0 Å². The Hall–Kier alpha value is -0.100. The first-order chi connectivity index (χ1) is 5.95. The van der Waals surface area contributed by atoms with Gasteiger partial charge in [-0.05, 0) is 18.4 Å². The monoisotopic (exact) mass is 233 g/mol. The van der Waals surface area contributed by atoms with Gasteiger partial charge in [0.1, 0.15) is 0 Å². The molecule has 0 heterocycles. The van der Waals surface area contributed by atoms with Crippen molar-refractivity contribution in [2.75, 3.05) is 13.2 Å². The maximum atomic E-state index is 12.8. The van der Waals surface area contributed by atoms with Crippen LogP contribution in [0.2, 0.25) is 0 Å². The van der Waals surface area contributed by atoms with Gasteiger partial charge in [0.15, 0.2) is 0 Å². The predicted octanol–water partition coefficient (Wildman–Crippen LogP) is 1.38. The third-order valence-electron chi connectivity index (χ3n) is 0.942. The quantitative estimate of drug-likeness (QED) is 0.512. The van der Waals surface area contributed by atoms with Crippen molar-refractivity contribution in [3.05, 3.63) is 0 Å². The normalized spacial score (nSPS) is 15.5. The van der Waals surface area contributed by atoms with E-state index in [0.717, 1.165) is 0 Å². The minimum atomic E-state index is -4.41. The smallest absolute Gasteiger partial charge is 0.265 e. The fourth-order valence-electron chi connectivity index (χ4n) is 0.512. The van der Waals surface area contributed by atoms with Gasteiger partial charge in [-0.2, -0.15) is 12.8 Å².